The number of aliphatic hydroxyl groups is 1. The van der Waals surface area contributed by atoms with Gasteiger partial charge in [0.05, 0.1) is 6.61 Å². The van der Waals surface area contributed by atoms with Crippen molar-refractivity contribution in [3.05, 3.63) is 29.8 Å². The van der Waals surface area contributed by atoms with Crippen molar-refractivity contribution in [3.63, 3.8) is 0 Å². The van der Waals surface area contributed by atoms with Gasteiger partial charge in [0.25, 0.3) is 0 Å². The summed E-state index contributed by atoms with van der Waals surface area (Å²) in [6.45, 7) is 2.47. The number of aliphatic hydroxyl groups excluding tert-OH is 1. The minimum Gasteiger partial charge on any atom is -0.392 e. The smallest absolute Gasteiger partial charge is 0.0681 e. The van der Waals surface area contributed by atoms with Crippen molar-refractivity contribution < 1.29 is 5.11 Å². The van der Waals surface area contributed by atoms with Gasteiger partial charge in [-0.3, -0.25) is 0 Å². The maximum atomic E-state index is 8.95. The largest absolute Gasteiger partial charge is 0.392 e. The summed E-state index contributed by atoms with van der Waals surface area (Å²) in [7, 11) is 2.17. The topological polar surface area (TPSA) is 35.5 Å². The SMILES string of the molecule is CN1CCC(Nc2ccc(CO)cc2)CC1. The van der Waals surface area contributed by atoms with Crippen LogP contribution in [0.3, 0.4) is 0 Å². The van der Waals surface area contributed by atoms with Gasteiger partial charge < -0.3 is 15.3 Å². The molecule has 1 heterocycles. The summed E-state index contributed by atoms with van der Waals surface area (Å²) in [5, 5.41) is 12.5. The molecule has 0 saturated carbocycles. The van der Waals surface area contributed by atoms with Gasteiger partial charge >= 0.3 is 0 Å². The van der Waals surface area contributed by atoms with Crippen molar-refractivity contribution in [2.24, 2.45) is 0 Å². The minimum absolute atomic E-state index is 0.120. The molecule has 0 aliphatic carbocycles. The van der Waals surface area contributed by atoms with Crippen LogP contribution in [-0.4, -0.2) is 36.2 Å². The lowest BCUT2D eigenvalue weighted by atomic mass is 10.1. The van der Waals surface area contributed by atoms with Gasteiger partial charge in [0.2, 0.25) is 0 Å². The Labute approximate surface area is 97.1 Å². The molecule has 2 rings (SSSR count). The second kappa shape index (κ2) is 5.32. The van der Waals surface area contributed by atoms with Crippen LogP contribution >= 0.6 is 0 Å². The molecule has 0 aromatic heterocycles. The van der Waals surface area contributed by atoms with Crippen LogP contribution in [0.15, 0.2) is 24.3 Å². The minimum atomic E-state index is 0.120. The highest BCUT2D eigenvalue weighted by Gasteiger charge is 2.15. The van der Waals surface area contributed by atoms with Crippen LogP contribution in [0.1, 0.15) is 18.4 Å². The number of nitrogens with zero attached hydrogens (tertiary/aromatic N) is 1. The van der Waals surface area contributed by atoms with E-state index in [9.17, 15) is 0 Å². The van der Waals surface area contributed by atoms with Crippen molar-refractivity contribution in [1.82, 2.24) is 4.90 Å². The Hall–Kier alpha value is -1.06. The summed E-state index contributed by atoms with van der Waals surface area (Å²) in [5.74, 6) is 0. The van der Waals surface area contributed by atoms with E-state index in [-0.39, 0.29) is 6.61 Å². The molecule has 1 fully saturated rings. The van der Waals surface area contributed by atoms with Gasteiger partial charge in [0.1, 0.15) is 0 Å². The van der Waals surface area contributed by atoms with Gasteiger partial charge in [0, 0.05) is 11.7 Å². The Morgan fingerprint density at radius 3 is 2.44 bits per heavy atom. The molecule has 1 aliphatic heterocycles. The maximum absolute atomic E-state index is 8.95. The Balaban J connectivity index is 1.88. The van der Waals surface area contributed by atoms with Crippen LogP contribution in [0.5, 0.6) is 0 Å². The van der Waals surface area contributed by atoms with Crippen LogP contribution in [0.4, 0.5) is 5.69 Å². The highest BCUT2D eigenvalue weighted by molar-refractivity contribution is 5.45. The lowest BCUT2D eigenvalue weighted by Crippen LogP contribution is -2.36. The molecular weight excluding hydrogens is 200 g/mol. The molecule has 16 heavy (non-hydrogen) atoms. The van der Waals surface area contributed by atoms with E-state index in [1.165, 1.54) is 25.9 Å². The summed E-state index contributed by atoms with van der Waals surface area (Å²) in [5.41, 5.74) is 2.13. The highest BCUT2D eigenvalue weighted by atomic mass is 16.3. The number of anilines is 1. The second-order valence-corrected chi connectivity index (χ2v) is 4.58. The summed E-state index contributed by atoms with van der Waals surface area (Å²) in [6.07, 6.45) is 2.41. The Morgan fingerprint density at radius 2 is 1.88 bits per heavy atom. The fourth-order valence-corrected chi connectivity index (χ4v) is 2.10. The lowest BCUT2D eigenvalue weighted by molar-refractivity contribution is 0.264. The van der Waals surface area contributed by atoms with Crippen molar-refractivity contribution in [2.75, 3.05) is 25.5 Å². The van der Waals surface area contributed by atoms with Gasteiger partial charge in [-0.25, -0.2) is 0 Å². The molecule has 1 aliphatic rings. The monoisotopic (exact) mass is 220 g/mol. The number of benzene rings is 1. The van der Waals surface area contributed by atoms with Crippen molar-refractivity contribution in [2.45, 2.75) is 25.5 Å². The third-order valence-electron chi connectivity index (χ3n) is 3.23. The average Bonchev–Trinajstić information content (AvgIpc) is 2.33. The molecule has 0 bridgehead atoms. The molecule has 88 valence electrons. The second-order valence-electron chi connectivity index (χ2n) is 4.58. The summed E-state index contributed by atoms with van der Waals surface area (Å²) >= 11 is 0. The molecular formula is C13H20N2O. The lowest BCUT2D eigenvalue weighted by Gasteiger charge is -2.30. The van der Waals surface area contributed by atoms with Crippen LogP contribution in [-0.2, 0) is 6.61 Å². The van der Waals surface area contributed by atoms with E-state index in [1.807, 2.05) is 24.3 Å². The Morgan fingerprint density at radius 1 is 1.25 bits per heavy atom. The summed E-state index contributed by atoms with van der Waals surface area (Å²) in [6, 6.07) is 8.62. The van der Waals surface area contributed by atoms with Gasteiger partial charge in [-0.15, -0.1) is 0 Å². The Bertz CT molecular complexity index is 315. The number of hydrogen-bond acceptors (Lipinski definition) is 3. The van der Waals surface area contributed by atoms with Crippen LogP contribution in [0, 0.1) is 0 Å². The number of hydrogen-bond donors (Lipinski definition) is 2. The first-order valence-electron chi connectivity index (χ1n) is 5.93. The zero-order valence-electron chi connectivity index (χ0n) is 9.82. The molecule has 0 unspecified atom stereocenters. The zero-order chi connectivity index (χ0) is 11.4. The van der Waals surface area contributed by atoms with Gasteiger partial charge in [-0.2, -0.15) is 0 Å². The number of piperidine rings is 1. The highest BCUT2D eigenvalue weighted by Crippen LogP contribution is 2.16. The number of nitrogens with one attached hydrogen (secondary N) is 1. The first kappa shape index (κ1) is 11.4. The first-order valence-corrected chi connectivity index (χ1v) is 5.93. The molecule has 0 amide bonds. The fourth-order valence-electron chi connectivity index (χ4n) is 2.10. The van der Waals surface area contributed by atoms with Crippen LogP contribution < -0.4 is 5.32 Å². The van der Waals surface area contributed by atoms with E-state index in [2.05, 4.69) is 17.3 Å². The number of likely N-dealkylation sites (tertiary alicyclic amines) is 1. The molecule has 1 aromatic rings. The normalized spacial score (nSPS) is 18.6. The predicted octanol–water partition coefficient (Wildman–Crippen LogP) is 1.69. The predicted molar refractivity (Wildman–Crippen MR) is 66.5 cm³/mol. The quantitative estimate of drug-likeness (QED) is 0.813. The van der Waals surface area contributed by atoms with Crippen LogP contribution in [0.25, 0.3) is 0 Å². The van der Waals surface area contributed by atoms with E-state index in [4.69, 9.17) is 5.11 Å². The van der Waals surface area contributed by atoms with E-state index >= 15 is 0 Å². The fraction of sp³-hybridized carbons (Fsp3) is 0.538. The van der Waals surface area contributed by atoms with E-state index in [0.717, 1.165) is 11.3 Å². The maximum Gasteiger partial charge on any atom is 0.0681 e. The Kier molecular flexibility index (Phi) is 3.80. The first-order chi connectivity index (χ1) is 7.78. The molecule has 1 saturated heterocycles. The van der Waals surface area contributed by atoms with Gasteiger partial charge in [-0.1, -0.05) is 12.1 Å². The van der Waals surface area contributed by atoms with Crippen LogP contribution in [0.2, 0.25) is 0 Å². The summed E-state index contributed by atoms with van der Waals surface area (Å²) < 4.78 is 0. The molecule has 0 radical (unpaired) electrons. The molecule has 3 nitrogen and oxygen atoms in total. The standard InChI is InChI=1S/C13H20N2O/c1-15-8-6-13(7-9-15)14-12-4-2-11(10-16)3-5-12/h2-5,13-14,16H,6-10H2,1H3. The summed E-state index contributed by atoms with van der Waals surface area (Å²) in [4.78, 5) is 2.37. The third-order valence-corrected chi connectivity index (χ3v) is 3.23. The van der Waals surface area contributed by atoms with E-state index in [0.29, 0.717) is 6.04 Å². The van der Waals surface area contributed by atoms with Crippen molar-refractivity contribution >= 4 is 5.69 Å². The van der Waals surface area contributed by atoms with Crippen molar-refractivity contribution in [3.8, 4) is 0 Å². The van der Waals surface area contributed by atoms with Gasteiger partial charge in [0.15, 0.2) is 0 Å². The zero-order valence-corrected chi connectivity index (χ0v) is 9.82. The molecule has 3 heteroatoms. The van der Waals surface area contributed by atoms with Crippen molar-refractivity contribution in [1.29, 1.82) is 0 Å². The molecule has 0 atom stereocenters. The number of rotatable bonds is 3. The van der Waals surface area contributed by atoms with E-state index < -0.39 is 0 Å². The molecule has 1 aromatic carbocycles. The molecule has 2 N–H and O–H groups in total. The third kappa shape index (κ3) is 2.97. The average molecular weight is 220 g/mol. The van der Waals surface area contributed by atoms with E-state index in [1.54, 1.807) is 0 Å². The molecule has 0 spiro atoms. The van der Waals surface area contributed by atoms with Gasteiger partial charge in [-0.05, 0) is 50.7 Å².